The fourth-order valence-corrected chi connectivity index (χ4v) is 9.88. The van der Waals surface area contributed by atoms with Crippen LogP contribution in [-0.4, -0.2) is 8.80 Å². The third-order valence-corrected chi connectivity index (χ3v) is 11.9. The SMILES string of the molecule is c1ccc(N(c2ccccc2)c2c3ccccc3cc3c4c5ccccc5cc5c6c7c8cccc9c%10ccccc%10n(c7ccc6n(c23)c54)c98)cc1. The highest BCUT2D eigenvalue weighted by molar-refractivity contribution is 6.40. The molecule has 0 N–H and O–H groups in total. The maximum absolute atomic E-state index is 2.61. The van der Waals surface area contributed by atoms with Gasteiger partial charge in [-0.3, -0.25) is 0 Å². The van der Waals surface area contributed by atoms with Gasteiger partial charge in [0.1, 0.15) is 0 Å². The molecule has 244 valence electrons. The fraction of sp³-hybridized carbons (Fsp3) is 0. The monoisotopic (exact) mass is 671 g/mol. The van der Waals surface area contributed by atoms with Gasteiger partial charge >= 0.3 is 0 Å². The van der Waals surface area contributed by atoms with Crippen molar-refractivity contribution in [1.29, 1.82) is 0 Å². The Morgan fingerprint density at radius 3 is 1.57 bits per heavy atom. The second kappa shape index (κ2) is 9.81. The predicted octanol–water partition coefficient (Wildman–Crippen LogP) is 13.8. The Labute approximate surface area is 303 Å². The molecule has 0 radical (unpaired) electrons. The molecule has 0 saturated heterocycles. The van der Waals surface area contributed by atoms with E-state index in [1.54, 1.807) is 0 Å². The molecule has 0 saturated carbocycles. The Balaban J connectivity index is 1.33. The average molecular weight is 672 g/mol. The molecule has 13 rings (SSSR count). The maximum atomic E-state index is 2.61. The van der Waals surface area contributed by atoms with Crippen LogP contribution in [0.2, 0.25) is 0 Å². The standard InChI is InChI=1S/C50H29N3/c1-3-16-32(17-4-1)51(33-18-5-2-6-19-33)49-35-21-10-8-15-31(35)29-39-44-34-20-9-7-14-30(34)28-40-46-43(53(48(40)44)50(39)49)27-26-42-45(46)38-24-13-23-37-36-22-11-12-25-41(36)52(42)47(37)38/h1-29H. The van der Waals surface area contributed by atoms with Crippen LogP contribution in [-0.2, 0) is 0 Å². The molecule has 0 spiro atoms. The molecule has 0 atom stereocenters. The van der Waals surface area contributed by atoms with Crippen molar-refractivity contribution in [2.24, 2.45) is 0 Å². The van der Waals surface area contributed by atoms with E-state index in [1.165, 1.54) is 103 Å². The van der Waals surface area contributed by atoms with Gasteiger partial charge in [-0.25, -0.2) is 0 Å². The largest absolute Gasteiger partial charge is 0.308 e. The second-order valence-electron chi connectivity index (χ2n) is 14.5. The number of para-hydroxylation sites is 4. The lowest BCUT2D eigenvalue weighted by Gasteiger charge is -2.28. The lowest BCUT2D eigenvalue weighted by Crippen LogP contribution is -2.11. The summed E-state index contributed by atoms with van der Waals surface area (Å²) in [5, 5.41) is 15.5. The molecule has 0 aliphatic rings. The highest BCUT2D eigenvalue weighted by Crippen LogP contribution is 2.52. The second-order valence-corrected chi connectivity index (χ2v) is 14.5. The van der Waals surface area contributed by atoms with Crippen LogP contribution in [0, 0.1) is 0 Å². The van der Waals surface area contributed by atoms with Gasteiger partial charge in [-0.1, -0.05) is 121 Å². The van der Waals surface area contributed by atoms with E-state index >= 15 is 0 Å². The van der Waals surface area contributed by atoms with E-state index < -0.39 is 0 Å². The lowest BCUT2D eigenvalue weighted by molar-refractivity contribution is 1.28. The molecule has 3 nitrogen and oxygen atoms in total. The Kier molecular flexibility index (Phi) is 5.11. The molecule has 0 aliphatic heterocycles. The number of hydrogen-bond donors (Lipinski definition) is 0. The first-order valence-corrected chi connectivity index (χ1v) is 18.4. The summed E-state index contributed by atoms with van der Waals surface area (Å²) in [6.45, 7) is 0. The topological polar surface area (TPSA) is 12.1 Å². The molecule has 0 fully saturated rings. The van der Waals surface area contributed by atoms with E-state index in [2.05, 4.69) is 190 Å². The summed E-state index contributed by atoms with van der Waals surface area (Å²) in [6.07, 6.45) is 0. The normalized spacial score (nSPS) is 12.5. The van der Waals surface area contributed by atoms with Gasteiger partial charge < -0.3 is 13.7 Å². The minimum Gasteiger partial charge on any atom is -0.308 e. The van der Waals surface area contributed by atoms with Gasteiger partial charge in [0.25, 0.3) is 0 Å². The number of rotatable bonds is 3. The minimum atomic E-state index is 1.13. The van der Waals surface area contributed by atoms with Crippen LogP contribution in [0.15, 0.2) is 176 Å². The molecule has 53 heavy (non-hydrogen) atoms. The lowest BCUT2D eigenvalue weighted by atomic mass is 9.96. The zero-order chi connectivity index (χ0) is 34.4. The van der Waals surface area contributed by atoms with Crippen molar-refractivity contribution in [3.63, 3.8) is 0 Å². The van der Waals surface area contributed by atoms with Crippen LogP contribution in [0.1, 0.15) is 0 Å². The van der Waals surface area contributed by atoms with Gasteiger partial charge in [-0.05, 0) is 70.8 Å². The van der Waals surface area contributed by atoms with Crippen molar-refractivity contribution < 1.29 is 0 Å². The number of fused-ring (bicyclic) bond motifs is 16. The molecular formula is C50H29N3. The van der Waals surface area contributed by atoms with Gasteiger partial charge in [0.05, 0.1) is 38.8 Å². The van der Waals surface area contributed by atoms with Crippen LogP contribution in [0.3, 0.4) is 0 Å². The first kappa shape index (κ1) is 27.6. The summed E-state index contributed by atoms with van der Waals surface area (Å²) in [6, 6.07) is 64.9. The van der Waals surface area contributed by atoms with E-state index in [0.717, 1.165) is 11.4 Å². The third kappa shape index (κ3) is 3.36. The molecule has 4 aromatic heterocycles. The minimum absolute atomic E-state index is 1.13. The highest BCUT2D eigenvalue weighted by atomic mass is 15.2. The summed E-state index contributed by atoms with van der Waals surface area (Å²) in [4.78, 5) is 2.47. The molecule has 0 bridgehead atoms. The van der Waals surface area contributed by atoms with Gasteiger partial charge in [0.2, 0.25) is 0 Å². The highest BCUT2D eigenvalue weighted by Gasteiger charge is 2.29. The zero-order valence-corrected chi connectivity index (χ0v) is 28.6. The summed E-state index contributed by atoms with van der Waals surface area (Å²) in [7, 11) is 0. The number of aromatic nitrogens is 2. The first-order chi connectivity index (χ1) is 26.3. The summed E-state index contributed by atoms with van der Waals surface area (Å²) < 4.78 is 5.11. The van der Waals surface area contributed by atoms with E-state index in [9.17, 15) is 0 Å². The molecule has 9 aromatic carbocycles. The molecule has 0 aliphatic carbocycles. The Bertz CT molecular complexity index is 3570. The van der Waals surface area contributed by atoms with Crippen LogP contribution in [0.4, 0.5) is 17.1 Å². The number of hydrogen-bond acceptors (Lipinski definition) is 1. The number of anilines is 3. The average Bonchev–Trinajstić information content (AvgIpc) is 3.94. The van der Waals surface area contributed by atoms with Crippen molar-refractivity contribution in [3.05, 3.63) is 176 Å². The Morgan fingerprint density at radius 2 is 0.830 bits per heavy atom. The predicted molar refractivity (Wildman–Crippen MR) is 225 cm³/mol. The summed E-state index contributed by atoms with van der Waals surface area (Å²) in [5.74, 6) is 0. The number of benzene rings is 9. The van der Waals surface area contributed by atoms with E-state index in [-0.39, 0.29) is 0 Å². The maximum Gasteiger partial charge on any atom is 0.0789 e. The van der Waals surface area contributed by atoms with E-state index in [1.807, 2.05) is 0 Å². The smallest absolute Gasteiger partial charge is 0.0789 e. The van der Waals surface area contributed by atoms with Crippen LogP contribution in [0.25, 0.3) is 97.7 Å². The van der Waals surface area contributed by atoms with E-state index in [4.69, 9.17) is 0 Å². The summed E-state index contributed by atoms with van der Waals surface area (Å²) in [5.41, 5.74) is 11.0. The third-order valence-electron chi connectivity index (χ3n) is 11.9. The molecular weight excluding hydrogens is 643 g/mol. The van der Waals surface area contributed by atoms with Crippen molar-refractivity contribution in [2.75, 3.05) is 4.90 Å². The Hall–Kier alpha value is -7.10. The quantitative estimate of drug-likeness (QED) is 0.182. The number of nitrogens with zero attached hydrogens (tertiary/aromatic N) is 3. The molecule has 0 amide bonds. The van der Waals surface area contributed by atoms with Gasteiger partial charge in [0, 0.05) is 59.9 Å². The van der Waals surface area contributed by atoms with Crippen molar-refractivity contribution in [3.8, 4) is 0 Å². The molecule has 13 aromatic rings. The van der Waals surface area contributed by atoms with Crippen LogP contribution < -0.4 is 4.90 Å². The Morgan fingerprint density at radius 1 is 0.302 bits per heavy atom. The van der Waals surface area contributed by atoms with Crippen LogP contribution in [0.5, 0.6) is 0 Å². The van der Waals surface area contributed by atoms with E-state index in [0.29, 0.717) is 0 Å². The summed E-state index contributed by atoms with van der Waals surface area (Å²) >= 11 is 0. The van der Waals surface area contributed by atoms with Gasteiger partial charge in [-0.2, -0.15) is 0 Å². The van der Waals surface area contributed by atoms with Crippen LogP contribution >= 0.6 is 0 Å². The zero-order valence-electron chi connectivity index (χ0n) is 28.6. The fourth-order valence-electron chi connectivity index (χ4n) is 9.88. The molecule has 0 unspecified atom stereocenters. The van der Waals surface area contributed by atoms with Crippen molar-refractivity contribution in [2.45, 2.75) is 0 Å². The van der Waals surface area contributed by atoms with Crippen molar-refractivity contribution >= 4 is 115 Å². The van der Waals surface area contributed by atoms with Crippen molar-refractivity contribution in [1.82, 2.24) is 8.80 Å². The van der Waals surface area contributed by atoms with Gasteiger partial charge in [0.15, 0.2) is 0 Å². The first-order valence-electron chi connectivity index (χ1n) is 18.4. The molecule has 3 heteroatoms. The molecule has 4 heterocycles. The van der Waals surface area contributed by atoms with Gasteiger partial charge in [-0.15, -0.1) is 0 Å².